The van der Waals surface area contributed by atoms with E-state index in [-0.39, 0.29) is 19.0 Å². The summed E-state index contributed by atoms with van der Waals surface area (Å²) in [7, 11) is 0. The van der Waals surface area contributed by atoms with Gasteiger partial charge in [0.1, 0.15) is 0 Å². The van der Waals surface area contributed by atoms with Crippen LogP contribution in [0, 0.1) is 0 Å². The summed E-state index contributed by atoms with van der Waals surface area (Å²) in [6.45, 7) is 1.95. The highest BCUT2D eigenvalue weighted by molar-refractivity contribution is 6.03. The summed E-state index contributed by atoms with van der Waals surface area (Å²) >= 11 is 0. The molecule has 0 radical (unpaired) electrons. The van der Waals surface area contributed by atoms with E-state index in [0.717, 1.165) is 24.5 Å². The van der Waals surface area contributed by atoms with Crippen molar-refractivity contribution in [3.05, 3.63) is 23.8 Å². The Morgan fingerprint density at radius 1 is 1.16 bits per heavy atom. The summed E-state index contributed by atoms with van der Waals surface area (Å²) in [5.74, 6) is -0.163. The van der Waals surface area contributed by atoms with E-state index in [1.807, 2.05) is 12.1 Å². The third-order valence-corrected chi connectivity index (χ3v) is 3.58. The van der Waals surface area contributed by atoms with Gasteiger partial charge in [-0.1, -0.05) is 6.07 Å². The first kappa shape index (κ1) is 12.3. The number of benzene rings is 1. The molecule has 0 saturated carbocycles. The van der Waals surface area contributed by atoms with Crippen LogP contribution in [0.1, 0.15) is 10.4 Å². The number of fused-ring (bicyclic) bond motifs is 1. The van der Waals surface area contributed by atoms with Gasteiger partial charge in [0.05, 0.1) is 29.1 Å². The van der Waals surface area contributed by atoms with Crippen molar-refractivity contribution in [1.29, 1.82) is 0 Å². The largest absolute Gasteiger partial charge is 0.388 e. The molecular weight excluding hydrogens is 246 g/mol. The number of para-hydroxylation sites is 1. The van der Waals surface area contributed by atoms with Gasteiger partial charge in [0, 0.05) is 26.2 Å². The minimum Gasteiger partial charge on any atom is -0.388 e. The molecule has 2 unspecified atom stereocenters. The normalized spacial score (nSPS) is 25.5. The minimum absolute atomic E-state index is 0.163. The summed E-state index contributed by atoms with van der Waals surface area (Å²) in [5, 5.41) is 25.5. The quantitative estimate of drug-likeness (QED) is 0.559. The molecule has 3 rings (SSSR count). The third-order valence-electron chi connectivity index (χ3n) is 3.58. The molecule has 0 spiro atoms. The number of carbonyl (C=O) groups is 1. The van der Waals surface area contributed by atoms with Gasteiger partial charge in [-0.3, -0.25) is 4.79 Å². The molecule has 0 bridgehead atoms. The van der Waals surface area contributed by atoms with Crippen LogP contribution in [0.15, 0.2) is 18.2 Å². The van der Waals surface area contributed by atoms with Crippen LogP contribution in [-0.2, 0) is 0 Å². The summed E-state index contributed by atoms with van der Waals surface area (Å²) < 4.78 is 0. The predicted molar refractivity (Wildman–Crippen MR) is 71.3 cm³/mol. The highest BCUT2D eigenvalue weighted by atomic mass is 16.3. The molecule has 0 aromatic heterocycles. The predicted octanol–water partition coefficient (Wildman–Crippen LogP) is -0.298. The van der Waals surface area contributed by atoms with E-state index in [4.69, 9.17) is 0 Å². The fourth-order valence-corrected chi connectivity index (χ4v) is 2.56. The number of carbonyl (C=O) groups excluding carboxylic acids is 1. The lowest BCUT2D eigenvalue weighted by molar-refractivity contribution is 0.0572. The van der Waals surface area contributed by atoms with Crippen molar-refractivity contribution in [2.24, 2.45) is 0 Å². The number of nitrogens with zero attached hydrogens (tertiary/aromatic N) is 1. The van der Waals surface area contributed by atoms with Crippen molar-refractivity contribution in [3.8, 4) is 0 Å². The standard InChI is InChI=1S/C13H17N3O3/c17-10-6-16(7-11(10)18)13(19)8-2-1-3-9-12(8)15-5-4-14-9/h1-3,10-11,14-15,17-18H,4-7H2. The van der Waals surface area contributed by atoms with Crippen LogP contribution in [0.25, 0.3) is 0 Å². The molecule has 1 aromatic rings. The highest BCUT2D eigenvalue weighted by Crippen LogP contribution is 2.29. The Hall–Kier alpha value is -1.79. The van der Waals surface area contributed by atoms with Crippen LogP contribution in [0.4, 0.5) is 11.4 Å². The molecular formula is C13H17N3O3. The van der Waals surface area contributed by atoms with Crippen LogP contribution in [0.3, 0.4) is 0 Å². The second-order valence-corrected chi connectivity index (χ2v) is 4.93. The van der Waals surface area contributed by atoms with E-state index in [2.05, 4.69) is 10.6 Å². The fourth-order valence-electron chi connectivity index (χ4n) is 2.56. The number of aliphatic hydroxyl groups excluding tert-OH is 2. The molecule has 6 nitrogen and oxygen atoms in total. The maximum absolute atomic E-state index is 12.4. The average Bonchev–Trinajstić information content (AvgIpc) is 2.77. The lowest BCUT2D eigenvalue weighted by Crippen LogP contribution is -2.31. The number of anilines is 2. The molecule has 2 aliphatic heterocycles. The van der Waals surface area contributed by atoms with Crippen molar-refractivity contribution >= 4 is 17.3 Å². The molecule has 2 atom stereocenters. The van der Waals surface area contributed by atoms with Crippen molar-refractivity contribution in [2.45, 2.75) is 12.2 Å². The Bertz CT molecular complexity index is 496. The van der Waals surface area contributed by atoms with Crippen molar-refractivity contribution in [2.75, 3.05) is 36.8 Å². The molecule has 2 heterocycles. The number of amides is 1. The smallest absolute Gasteiger partial charge is 0.256 e. The number of aliphatic hydroxyl groups is 2. The van der Waals surface area contributed by atoms with Crippen LogP contribution in [0.2, 0.25) is 0 Å². The first-order valence-electron chi connectivity index (χ1n) is 6.43. The summed E-state index contributed by atoms with van der Waals surface area (Å²) in [5.41, 5.74) is 2.29. The first-order chi connectivity index (χ1) is 9.16. The number of hydrogen-bond acceptors (Lipinski definition) is 5. The number of likely N-dealkylation sites (tertiary alicyclic amines) is 1. The van der Waals surface area contributed by atoms with Crippen molar-refractivity contribution in [3.63, 3.8) is 0 Å². The number of β-amino-alcohol motifs (C(OH)–C–C–N with tert-alkyl or cyclic N) is 2. The molecule has 102 valence electrons. The van der Waals surface area contributed by atoms with Crippen LogP contribution in [0.5, 0.6) is 0 Å². The van der Waals surface area contributed by atoms with Gasteiger partial charge in [0.2, 0.25) is 0 Å². The highest BCUT2D eigenvalue weighted by Gasteiger charge is 2.34. The molecule has 4 N–H and O–H groups in total. The van der Waals surface area contributed by atoms with Gasteiger partial charge in [0.15, 0.2) is 0 Å². The maximum Gasteiger partial charge on any atom is 0.256 e. The van der Waals surface area contributed by atoms with E-state index in [1.165, 1.54) is 4.90 Å². The van der Waals surface area contributed by atoms with Crippen LogP contribution < -0.4 is 10.6 Å². The molecule has 1 amide bonds. The molecule has 1 fully saturated rings. The average molecular weight is 263 g/mol. The first-order valence-corrected chi connectivity index (χ1v) is 6.43. The zero-order valence-corrected chi connectivity index (χ0v) is 10.5. The molecule has 1 saturated heterocycles. The maximum atomic E-state index is 12.4. The van der Waals surface area contributed by atoms with Crippen molar-refractivity contribution < 1.29 is 15.0 Å². The molecule has 1 aromatic carbocycles. The Kier molecular flexibility index (Phi) is 3.04. The molecule has 2 aliphatic rings. The lowest BCUT2D eigenvalue weighted by atomic mass is 10.1. The second-order valence-electron chi connectivity index (χ2n) is 4.93. The van der Waals surface area contributed by atoms with Crippen molar-refractivity contribution in [1.82, 2.24) is 4.90 Å². The van der Waals surface area contributed by atoms with E-state index in [1.54, 1.807) is 6.07 Å². The van der Waals surface area contributed by atoms with Gasteiger partial charge >= 0.3 is 0 Å². The zero-order valence-electron chi connectivity index (χ0n) is 10.5. The lowest BCUT2D eigenvalue weighted by Gasteiger charge is -2.24. The minimum atomic E-state index is -0.852. The monoisotopic (exact) mass is 263 g/mol. The summed E-state index contributed by atoms with van der Waals surface area (Å²) in [4.78, 5) is 13.9. The Labute approximate surface area is 111 Å². The summed E-state index contributed by atoms with van der Waals surface area (Å²) in [6.07, 6.45) is -1.70. The topological polar surface area (TPSA) is 84.8 Å². The van der Waals surface area contributed by atoms with Gasteiger partial charge in [-0.05, 0) is 12.1 Å². The molecule has 6 heteroatoms. The van der Waals surface area contributed by atoms with E-state index in [0.29, 0.717) is 5.56 Å². The number of hydrogen-bond donors (Lipinski definition) is 4. The van der Waals surface area contributed by atoms with E-state index in [9.17, 15) is 15.0 Å². The van der Waals surface area contributed by atoms with Crippen LogP contribution in [-0.4, -0.2) is 59.4 Å². The number of rotatable bonds is 1. The fraction of sp³-hybridized carbons (Fsp3) is 0.462. The third kappa shape index (κ3) is 2.13. The molecule has 0 aliphatic carbocycles. The Morgan fingerprint density at radius 3 is 2.58 bits per heavy atom. The Morgan fingerprint density at radius 2 is 1.84 bits per heavy atom. The van der Waals surface area contributed by atoms with Gasteiger partial charge in [-0.2, -0.15) is 0 Å². The van der Waals surface area contributed by atoms with E-state index < -0.39 is 12.2 Å². The van der Waals surface area contributed by atoms with Gasteiger partial charge < -0.3 is 25.7 Å². The molecule has 19 heavy (non-hydrogen) atoms. The van der Waals surface area contributed by atoms with E-state index >= 15 is 0 Å². The van der Waals surface area contributed by atoms with Gasteiger partial charge in [-0.25, -0.2) is 0 Å². The second kappa shape index (κ2) is 4.71. The van der Waals surface area contributed by atoms with Crippen LogP contribution >= 0.6 is 0 Å². The van der Waals surface area contributed by atoms with Gasteiger partial charge in [-0.15, -0.1) is 0 Å². The SMILES string of the molecule is O=C(c1cccc2c1NCCN2)N1CC(O)C(O)C1. The summed E-state index contributed by atoms with van der Waals surface area (Å²) in [6, 6.07) is 5.51. The zero-order chi connectivity index (χ0) is 13.4. The van der Waals surface area contributed by atoms with Gasteiger partial charge in [0.25, 0.3) is 5.91 Å². The Balaban J connectivity index is 1.88. The number of nitrogens with one attached hydrogen (secondary N) is 2.